The van der Waals surface area contributed by atoms with Crippen molar-refractivity contribution in [2.45, 2.75) is 143 Å². The average molecular weight is 1720 g/mol. The number of benzene rings is 2. The standard InChI is InChI=1S/C80H101N15O28/c1-43-32-52(64(105)74(115)92(43)39-59(96)86-38-47-13-17-50(18-14-47)68(109)87-58(37-48-15-16-49-10-5-6-11-51(49)36-48)73(114)81-21-8-7-12-56(78(119)120)88-80(123)89-57(79(121)122)19-20-60(97)98)69(110)82-22-28-90(29-23-83-70(111)53-33-44(2)93(40-61(99)100)75(116)65(53)106)26-9-27-91(30-24-84-71(112)54-34-45(3)94(41-62(101)102)76(117)66(54)107)31-25-85-72(113)55-35-46(4)95(42-63(103)104)77(118)67(55)108/h5-6,10-11,15-16,32-36,47,50,56-58,105-108H,7-9,12-14,17-31,37-42H2,1-4H3,(H,81,114)(H,82,110)(H,83,111)(H,84,112)(H,85,113)(H,86,96)(H,87,109)(H,97,98)(H,99,100)(H,101,102)(H,103,104)(H,119,120)(H,121,122)(H2,88,89,123)/t47?,50?,56-,57-,58-/m0/s1. The molecule has 0 unspecified atom stereocenters. The number of carboxylic acids is 6. The molecular weight excluding hydrogens is 1620 g/mol. The van der Waals surface area contributed by atoms with Gasteiger partial charge >= 0.3 is 41.8 Å². The molecule has 0 bridgehead atoms. The predicted octanol–water partition coefficient (Wildman–Crippen LogP) is -1.18. The highest BCUT2D eigenvalue weighted by atomic mass is 16.4. The largest absolute Gasteiger partial charge is 0.502 e. The average Bonchev–Trinajstić information content (AvgIpc) is 0.814. The number of aromatic nitrogens is 4. The second kappa shape index (κ2) is 45.4. The molecule has 2 aromatic carbocycles. The number of urea groups is 1. The fourth-order valence-electron chi connectivity index (χ4n) is 13.9. The molecule has 0 saturated heterocycles. The zero-order chi connectivity index (χ0) is 90.6. The summed E-state index contributed by atoms with van der Waals surface area (Å²) >= 11 is 0. The van der Waals surface area contributed by atoms with Crippen LogP contribution in [-0.2, 0) is 75.8 Å². The van der Waals surface area contributed by atoms with Crippen LogP contribution in [0.2, 0.25) is 0 Å². The van der Waals surface area contributed by atoms with Crippen LogP contribution >= 0.6 is 0 Å². The lowest BCUT2D eigenvalue weighted by Gasteiger charge is -2.29. The summed E-state index contributed by atoms with van der Waals surface area (Å²) in [5.41, 5.74) is -5.44. The topological polar surface area (TPSA) is 644 Å². The Hall–Kier alpha value is -14.0. The van der Waals surface area contributed by atoms with Gasteiger partial charge < -0.3 is 103 Å². The van der Waals surface area contributed by atoms with Gasteiger partial charge in [-0.1, -0.05) is 42.5 Å². The molecule has 3 atom stereocenters. The Morgan fingerprint density at radius 3 is 1.19 bits per heavy atom. The number of hydrogen-bond acceptors (Lipinski definition) is 24. The summed E-state index contributed by atoms with van der Waals surface area (Å²) < 4.78 is 3.20. The third-order valence-corrected chi connectivity index (χ3v) is 20.7. The van der Waals surface area contributed by atoms with Crippen molar-refractivity contribution in [3.8, 4) is 23.0 Å². The number of nitrogens with zero attached hydrogens (tertiary/aromatic N) is 6. The van der Waals surface area contributed by atoms with Crippen molar-refractivity contribution in [2.75, 3.05) is 78.5 Å². The van der Waals surface area contributed by atoms with Crippen LogP contribution in [0.5, 0.6) is 23.0 Å². The Labute approximate surface area is 700 Å². The van der Waals surface area contributed by atoms with Crippen LogP contribution in [-0.4, -0.2) is 259 Å². The van der Waals surface area contributed by atoms with Crippen LogP contribution in [0.3, 0.4) is 0 Å². The first kappa shape index (κ1) is 96.1. The van der Waals surface area contributed by atoms with E-state index in [2.05, 4.69) is 47.9 Å². The second-order valence-corrected chi connectivity index (χ2v) is 29.6. The maximum Gasteiger partial charge on any atom is 0.326 e. The summed E-state index contributed by atoms with van der Waals surface area (Å²) in [6.45, 7) is 2.07. The van der Waals surface area contributed by atoms with Gasteiger partial charge in [0.2, 0.25) is 17.7 Å². The second-order valence-electron chi connectivity index (χ2n) is 29.6. The van der Waals surface area contributed by atoms with E-state index in [0.29, 0.717) is 25.7 Å². The smallest absolute Gasteiger partial charge is 0.326 e. The van der Waals surface area contributed by atoms with Gasteiger partial charge in [0.25, 0.3) is 45.9 Å². The van der Waals surface area contributed by atoms with E-state index in [-0.39, 0.29) is 139 Å². The highest BCUT2D eigenvalue weighted by Crippen LogP contribution is 2.29. The van der Waals surface area contributed by atoms with Gasteiger partial charge in [-0.15, -0.1) is 0 Å². The Bertz CT molecular complexity index is 5140. The molecule has 1 saturated carbocycles. The summed E-state index contributed by atoms with van der Waals surface area (Å²) in [6, 6.07) is 12.5. The first-order valence-corrected chi connectivity index (χ1v) is 39.3. The SMILES string of the molecule is Cc1cc(C(=O)NCCN(CCCN(CCNC(=O)c2cc(C)n(CC(=O)O)c(=O)c2O)CCNC(=O)c2cc(C)n(CC(=O)NCC3CCC(C(=O)N[C@@H](Cc4ccc5ccccc5c4)C(=O)NCCCC[C@H](NC(=O)N[C@@H](CCC(=O)O)C(=O)O)C(=O)O)CC3)c(=O)c2O)CCNC(=O)c2cc(C)n(CC(=O)O)c(=O)c2O)c(O)c(=O)n1CC(=O)O. The molecular formula is C80H101N15O28. The summed E-state index contributed by atoms with van der Waals surface area (Å²) in [5.74, 6) is -18.4. The van der Waals surface area contributed by atoms with E-state index in [0.717, 1.165) is 52.8 Å². The minimum atomic E-state index is -1.60. The molecule has 43 heteroatoms. The van der Waals surface area contributed by atoms with Gasteiger partial charge in [0.1, 0.15) is 44.3 Å². The van der Waals surface area contributed by atoms with Crippen LogP contribution in [0.1, 0.15) is 134 Å². The number of amides is 9. The van der Waals surface area contributed by atoms with Crippen LogP contribution in [0.15, 0.2) is 85.9 Å². The maximum atomic E-state index is 14.0. The number of carbonyl (C=O) groups is 14. The zero-order valence-electron chi connectivity index (χ0n) is 67.8. The fraction of sp³-hybridized carbons (Fsp3) is 0.450. The molecule has 7 rings (SSSR count). The van der Waals surface area contributed by atoms with Gasteiger partial charge in [0, 0.05) is 107 Å². The number of aromatic hydroxyl groups is 4. The van der Waals surface area contributed by atoms with Crippen molar-refractivity contribution in [2.24, 2.45) is 11.8 Å². The molecule has 0 spiro atoms. The van der Waals surface area contributed by atoms with E-state index in [9.17, 15) is 132 Å². The van der Waals surface area contributed by atoms with Gasteiger partial charge in [-0.05, 0) is 145 Å². The van der Waals surface area contributed by atoms with Crippen molar-refractivity contribution in [3.63, 3.8) is 0 Å². The number of nitrogens with one attached hydrogen (secondary N) is 9. The minimum absolute atomic E-state index is 0.0112. The van der Waals surface area contributed by atoms with Crippen molar-refractivity contribution >= 4 is 94.0 Å². The Morgan fingerprint density at radius 2 is 0.797 bits per heavy atom. The molecule has 4 aromatic heterocycles. The van der Waals surface area contributed by atoms with Gasteiger partial charge in [0.05, 0.1) is 22.3 Å². The highest BCUT2D eigenvalue weighted by Gasteiger charge is 2.33. The number of aliphatic carboxylic acids is 6. The third kappa shape index (κ3) is 28.0. The summed E-state index contributed by atoms with van der Waals surface area (Å²) in [6.07, 6.45) is 1.24. The number of pyridine rings is 4. The quantitative estimate of drug-likeness (QED) is 0.0200. The van der Waals surface area contributed by atoms with Crippen LogP contribution in [0.25, 0.3) is 10.8 Å². The number of fused-ring (bicyclic) bond motifs is 1. The van der Waals surface area contributed by atoms with E-state index in [4.69, 9.17) is 5.11 Å². The molecule has 1 fully saturated rings. The number of aryl methyl sites for hydroxylation is 4. The van der Waals surface area contributed by atoms with E-state index >= 15 is 0 Å². The lowest BCUT2D eigenvalue weighted by molar-refractivity contribution is -0.141. The van der Waals surface area contributed by atoms with Gasteiger partial charge in [0.15, 0.2) is 23.0 Å². The van der Waals surface area contributed by atoms with Crippen molar-refractivity contribution < 1.29 is 118 Å². The molecule has 6 aromatic rings. The van der Waals surface area contributed by atoms with E-state index in [1.807, 2.05) is 42.5 Å². The Morgan fingerprint density at radius 1 is 0.407 bits per heavy atom. The summed E-state index contributed by atoms with van der Waals surface area (Å²) in [7, 11) is 0. The Kier molecular flexibility index (Phi) is 35.5. The molecule has 123 heavy (non-hydrogen) atoms. The zero-order valence-corrected chi connectivity index (χ0v) is 67.8. The highest BCUT2D eigenvalue weighted by molar-refractivity contribution is 5.99. The van der Waals surface area contributed by atoms with Crippen LogP contribution in [0, 0.1) is 39.5 Å². The fourth-order valence-corrected chi connectivity index (χ4v) is 13.9. The molecule has 9 amide bonds. The summed E-state index contributed by atoms with van der Waals surface area (Å²) in [5, 5.41) is 124. The molecule has 0 aliphatic heterocycles. The van der Waals surface area contributed by atoms with Gasteiger partial charge in [-0.3, -0.25) is 95.4 Å². The normalized spacial score (nSPS) is 13.8. The summed E-state index contributed by atoms with van der Waals surface area (Å²) in [4.78, 5) is 233. The molecule has 4 heterocycles. The molecule has 1 aliphatic carbocycles. The first-order chi connectivity index (χ1) is 58.2. The number of unbranched alkanes of at least 4 members (excludes halogenated alkanes) is 1. The third-order valence-electron chi connectivity index (χ3n) is 20.7. The number of hydrogen-bond donors (Lipinski definition) is 19. The first-order valence-electron chi connectivity index (χ1n) is 39.3. The number of rotatable bonds is 47. The minimum Gasteiger partial charge on any atom is -0.502 e. The van der Waals surface area contributed by atoms with E-state index < -0.39 is 214 Å². The number of carbonyl (C=O) groups excluding carboxylic acids is 8. The van der Waals surface area contributed by atoms with E-state index in [1.165, 1.54) is 33.8 Å². The predicted molar refractivity (Wildman–Crippen MR) is 434 cm³/mol. The maximum absolute atomic E-state index is 14.0. The van der Waals surface area contributed by atoms with E-state index in [1.54, 1.807) is 9.80 Å². The van der Waals surface area contributed by atoms with Crippen LogP contribution < -0.4 is 70.1 Å². The lowest BCUT2D eigenvalue weighted by atomic mass is 9.81. The molecule has 0 radical (unpaired) electrons. The molecule has 664 valence electrons. The van der Waals surface area contributed by atoms with Crippen molar-refractivity contribution in [3.05, 3.63) is 159 Å². The monoisotopic (exact) mass is 1720 g/mol. The van der Waals surface area contributed by atoms with Crippen molar-refractivity contribution in [1.82, 2.24) is 75.9 Å². The van der Waals surface area contributed by atoms with Gasteiger partial charge in [-0.2, -0.15) is 0 Å². The lowest BCUT2D eigenvalue weighted by Crippen LogP contribution is -2.51. The van der Waals surface area contributed by atoms with Crippen molar-refractivity contribution in [1.29, 1.82) is 0 Å². The van der Waals surface area contributed by atoms with Crippen LogP contribution in [0.4, 0.5) is 4.79 Å². The molecule has 43 nitrogen and oxygen atoms in total. The Balaban J connectivity index is 0.966. The molecule has 1 aliphatic rings. The van der Waals surface area contributed by atoms with Gasteiger partial charge in [-0.25, -0.2) is 14.4 Å². The number of carboxylic acid groups (broad SMARTS) is 6. The molecule has 19 N–H and O–H groups in total.